The molecule has 0 atom stereocenters. The maximum atomic E-state index is 2.12. The predicted octanol–water partition coefficient (Wildman–Crippen LogP) is 3.35. The summed E-state index contributed by atoms with van der Waals surface area (Å²) in [5, 5.41) is 0. The Morgan fingerprint density at radius 3 is 1.08 bits per heavy atom. The summed E-state index contributed by atoms with van der Waals surface area (Å²) in [5.74, 6) is 0. The van der Waals surface area contributed by atoms with Gasteiger partial charge in [0, 0.05) is 22.4 Å². The number of hydrogen-bond acceptors (Lipinski definition) is 0. The van der Waals surface area contributed by atoms with Crippen molar-refractivity contribution in [2.24, 2.45) is 0 Å². The second-order valence-electron chi connectivity index (χ2n) is 2.73. The van der Waals surface area contributed by atoms with E-state index in [4.69, 9.17) is 0 Å². The van der Waals surface area contributed by atoms with Crippen LogP contribution in [-0.2, 0) is 22.4 Å². The van der Waals surface area contributed by atoms with Gasteiger partial charge in [-0.25, -0.2) is 0 Å². The van der Waals surface area contributed by atoms with Gasteiger partial charge in [-0.1, -0.05) is 60.7 Å². The zero-order chi connectivity index (χ0) is 8.23. The average molecular weight is 247 g/mol. The Morgan fingerprint density at radius 1 is 0.462 bits per heavy atom. The molecule has 0 bridgehead atoms. The maximum Gasteiger partial charge on any atom is 0 e. The molecule has 0 unspecified atom stereocenters. The van der Waals surface area contributed by atoms with E-state index in [1.165, 1.54) is 11.1 Å². The molecule has 2 rings (SSSR count). The van der Waals surface area contributed by atoms with Gasteiger partial charge < -0.3 is 0 Å². The molecule has 63 valence electrons. The minimum absolute atomic E-state index is 0. The summed E-state index contributed by atoms with van der Waals surface area (Å²) in [6.07, 6.45) is 0. The van der Waals surface area contributed by atoms with Crippen LogP contribution in [0.25, 0.3) is 11.1 Å². The molecule has 2 aromatic carbocycles. The van der Waals surface area contributed by atoms with Gasteiger partial charge in [0.1, 0.15) is 0 Å². The van der Waals surface area contributed by atoms with Crippen molar-refractivity contribution in [3.63, 3.8) is 0 Å². The normalized spacial score (nSPS) is 8.92. The summed E-state index contributed by atoms with van der Waals surface area (Å²) in [6.45, 7) is 0. The first-order chi connectivity index (χ1) is 5.97. The van der Waals surface area contributed by atoms with E-state index in [1.807, 2.05) is 12.1 Å². The largest absolute Gasteiger partial charge is 0.0622 e. The topological polar surface area (TPSA) is 0 Å². The number of hydrogen-bond donors (Lipinski definition) is 0. The molecule has 0 aromatic heterocycles. The van der Waals surface area contributed by atoms with E-state index in [0.717, 1.165) is 0 Å². The van der Waals surface area contributed by atoms with Crippen LogP contribution in [0.3, 0.4) is 0 Å². The number of benzene rings is 2. The minimum Gasteiger partial charge on any atom is -0.0622 e. The Balaban J connectivity index is 0.000000845. The number of rotatable bonds is 1. The van der Waals surface area contributed by atoms with E-state index in [-0.39, 0.29) is 22.4 Å². The van der Waals surface area contributed by atoms with Crippen LogP contribution >= 0.6 is 0 Å². The van der Waals surface area contributed by atoms with Gasteiger partial charge in [-0.3, -0.25) is 0 Å². The van der Waals surface area contributed by atoms with Crippen LogP contribution in [0.4, 0.5) is 0 Å². The summed E-state index contributed by atoms with van der Waals surface area (Å²) >= 11 is 0. The molecule has 0 aliphatic carbocycles. The van der Waals surface area contributed by atoms with Crippen molar-refractivity contribution in [3.8, 4) is 11.1 Å². The first-order valence-corrected chi connectivity index (χ1v) is 4.07. The van der Waals surface area contributed by atoms with Crippen molar-refractivity contribution in [2.75, 3.05) is 0 Å². The predicted molar refractivity (Wildman–Crippen MR) is 51.9 cm³/mol. The van der Waals surface area contributed by atoms with Crippen LogP contribution in [0, 0.1) is 0 Å². The van der Waals surface area contributed by atoms with E-state index in [0.29, 0.717) is 0 Å². The molecule has 1 heteroatoms. The van der Waals surface area contributed by atoms with Crippen LogP contribution in [0.2, 0.25) is 0 Å². The quantitative estimate of drug-likeness (QED) is 0.678. The third-order valence-corrected chi connectivity index (χ3v) is 1.88. The van der Waals surface area contributed by atoms with Crippen molar-refractivity contribution < 1.29 is 22.4 Å². The molecule has 0 spiro atoms. The Kier molecular flexibility index (Phi) is 3.97. The second kappa shape index (κ2) is 5.03. The third kappa shape index (κ3) is 2.56. The Morgan fingerprint density at radius 2 is 0.769 bits per heavy atom. The zero-order valence-corrected chi connectivity index (χ0v) is 9.42. The molecule has 13 heavy (non-hydrogen) atoms. The molecule has 0 amide bonds. The zero-order valence-electron chi connectivity index (χ0n) is 7.22. The average Bonchev–Trinajstić information content (AvgIpc) is 2.21. The fourth-order valence-corrected chi connectivity index (χ4v) is 1.26. The van der Waals surface area contributed by atoms with E-state index in [2.05, 4.69) is 48.5 Å². The molecule has 0 aliphatic heterocycles. The van der Waals surface area contributed by atoms with Gasteiger partial charge >= 0.3 is 0 Å². The molecule has 0 saturated heterocycles. The van der Waals surface area contributed by atoms with Crippen molar-refractivity contribution in [1.29, 1.82) is 0 Å². The van der Waals surface area contributed by atoms with E-state index in [1.54, 1.807) is 0 Å². The molecule has 0 fully saturated rings. The maximum absolute atomic E-state index is 2.12. The van der Waals surface area contributed by atoms with E-state index >= 15 is 0 Å². The monoisotopic (exact) mass is 247 g/mol. The first-order valence-electron chi connectivity index (χ1n) is 4.07. The summed E-state index contributed by atoms with van der Waals surface area (Å²) in [5.41, 5.74) is 2.55. The van der Waals surface area contributed by atoms with Crippen LogP contribution in [0.5, 0.6) is 0 Å². The Hall–Kier alpha value is -0.820. The molecule has 2 aromatic rings. The SMILES string of the molecule is [Nb].c1ccc(-c2ccccc2)cc1. The standard InChI is InChI=1S/C12H10.Nb/c1-3-7-11(8-4-1)12-9-5-2-6-10-12;/h1-10H;. The molecule has 0 aliphatic rings. The van der Waals surface area contributed by atoms with Gasteiger partial charge in [0.05, 0.1) is 0 Å². The van der Waals surface area contributed by atoms with Crippen LogP contribution < -0.4 is 0 Å². The van der Waals surface area contributed by atoms with Gasteiger partial charge in [0.15, 0.2) is 0 Å². The van der Waals surface area contributed by atoms with Gasteiger partial charge in [-0.15, -0.1) is 0 Å². The van der Waals surface area contributed by atoms with Gasteiger partial charge in [-0.05, 0) is 11.1 Å². The molecule has 0 nitrogen and oxygen atoms in total. The molecule has 0 heterocycles. The summed E-state index contributed by atoms with van der Waals surface area (Å²) in [4.78, 5) is 0. The Labute approximate surface area is 94.1 Å². The van der Waals surface area contributed by atoms with Crippen molar-refractivity contribution in [3.05, 3.63) is 60.7 Å². The van der Waals surface area contributed by atoms with Crippen LogP contribution in [-0.4, -0.2) is 0 Å². The van der Waals surface area contributed by atoms with E-state index < -0.39 is 0 Å². The summed E-state index contributed by atoms with van der Waals surface area (Å²) in [7, 11) is 0. The minimum atomic E-state index is 0. The third-order valence-electron chi connectivity index (χ3n) is 1.88. The van der Waals surface area contributed by atoms with Crippen molar-refractivity contribution in [1.82, 2.24) is 0 Å². The summed E-state index contributed by atoms with van der Waals surface area (Å²) < 4.78 is 0. The fraction of sp³-hybridized carbons (Fsp3) is 0. The van der Waals surface area contributed by atoms with Gasteiger partial charge in [-0.2, -0.15) is 0 Å². The molecule has 0 saturated carbocycles. The van der Waals surface area contributed by atoms with Crippen molar-refractivity contribution in [2.45, 2.75) is 0 Å². The van der Waals surface area contributed by atoms with Crippen LogP contribution in [0.15, 0.2) is 60.7 Å². The molecule has 0 N–H and O–H groups in total. The Bertz CT molecular complexity index is 303. The van der Waals surface area contributed by atoms with Crippen molar-refractivity contribution >= 4 is 0 Å². The molecular weight excluding hydrogens is 237 g/mol. The first kappa shape index (κ1) is 10.3. The smallest absolute Gasteiger partial charge is 0 e. The van der Waals surface area contributed by atoms with Gasteiger partial charge in [0.25, 0.3) is 0 Å². The molecule has 1 radical (unpaired) electrons. The second-order valence-corrected chi connectivity index (χ2v) is 2.73. The van der Waals surface area contributed by atoms with Crippen LogP contribution in [0.1, 0.15) is 0 Å². The molecular formula is C12H10Nb. The van der Waals surface area contributed by atoms with Gasteiger partial charge in [0.2, 0.25) is 0 Å². The fourth-order valence-electron chi connectivity index (χ4n) is 1.26. The summed E-state index contributed by atoms with van der Waals surface area (Å²) in [6, 6.07) is 20.8. The van der Waals surface area contributed by atoms with E-state index in [9.17, 15) is 0 Å².